The van der Waals surface area contributed by atoms with Gasteiger partial charge in [0.1, 0.15) is 0 Å². The van der Waals surface area contributed by atoms with Crippen molar-refractivity contribution in [2.75, 3.05) is 11.4 Å². The number of carboxylic acid groups (broad SMARTS) is 1. The molecule has 4 heteroatoms. The summed E-state index contributed by atoms with van der Waals surface area (Å²) in [5.41, 5.74) is 3.22. The molecule has 1 amide bonds. The summed E-state index contributed by atoms with van der Waals surface area (Å²) in [5.74, 6) is -0.937. The molecule has 0 aromatic heterocycles. The summed E-state index contributed by atoms with van der Waals surface area (Å²) in [4.78, 5) is 25.3. The number of anilines is 1. The molecule has 2 heterocycles. The number of carbonyl (C=O) groups is 2. The molecular weight excluding hydrogens is 230 g/mol. The Morgan fingerprint density at radius 2 is 2.28 bits per heavy atom. The fourth-order valence-electron chi connectivity index (χ4n) is 3.10. The Hall–Kier alpha value is -1.84. The summed E-state index contributed by atoms with van der Waals surface area (Å²) in [6.07, 6.45) is 2.51. The van der Waals surface area contributed by atoms with E-state index in [4.69, 9.17) is 5.11 Å². The van der Waals surface area contributed by atoms with Crippen LogP contribution in [0.15, 0.2) is 12.1 Å². The molecule has 1 aromatic rings. The second kappa shape index (κ2) is 3.83. The molecule has 94 valence electrons. The highest BCUT2D eigenvalue weighted by Gasteiger charge is 2.39. The normalized spacial score (nSPS) is 21.1. The largest absolute Gasteiger partial charge is 0.478 e. The molecule has 2 aliphatic heterocycles. The molecule has 1 atom stereocenters. The smallest absolute Gasteiger partial charge is 0.335 e. The predicted octanol–water partition coefficient (Wildman–Crippen LogP) is 2.17. The zero-order chi connectivity index (χ0) is 12.9. The first-order valence-corrected chi connectivity index (χ1v) is 6.35. The van der Waals surface area contributed by atoms with Gasteiger partial charge in [0.25, 0.3) is 0 Å². The van der Waals surface area contributed by atoms with Crippen LogP contribution < -0.4 is 4.90 Å². The molecule has 0 saturated heterocycles. The van der Waals surface area contributed by atoms with Crippen LogP contribution in [0.25, 0.3) is 0 Å². The first-order valence-electron chi connectivity index (χ1n) is 6.35. The van der Waals surface area contributed by atoms with E-state index in [9.17, 15) is 9.59 Å². The van der Waals surface area contributed by atoms with Crippen LogP contribution in [0.2, 0.25) is 0 Å². The molecule has 1 unspecified atom stereocenters. The fraction of sp³-hybridized carbons (Fsp3) is 0.429. The Bertz CT molecular complexity index is 550. The van der Waals surface area contributed by atoms with Crippen LogP contribution in [0.3, 0.4) is 0 Å². The first kappa shape index (κ1) is 11.3. The number of aromatic carboxylic acids is 1. The average molecular weight is 245 g/mol. The minimum Gasteiger partial charge on any atom is -0.478 e. The lowest BCUT2D eigenvalue weighted by molar-refractivity contribution is -0.119. The van der Waals surface area contributed by atoms with E-state index in [0.717, 1.165) is 42.6 Å². The average Bonchev–Trinajstić information content (AvgIpc) is 2.64. The lowest BCUT2D eigenvalue weighted by Gasteiger charge is -2.25. The maximum Gasteiger partial charge on any atom is 0.335 e. The van der Waals surface area contributed by atoms with Crippen molar-refractivity contribution in [3.05, 3.63) is 28.8 Å². The second-order valence-electron chi connectivity index (χ2n) is 4.93. The molecule has 3 rings (SSSR count). The Balaban J connectivity index is 2.23. The Labute approximate surface area is 105 Å². The zero-order valence-corrected chi connectivity index (χ0v) is 10.3. The maximum atomic E-state index is 12.3. The van der Waals surface area contributed by atoms with Gasteiger partial charge < -0.3 is 10.0 Å². The van der Waals surface area contributed by atoms with Crippen LogP contribution in [-0.2, 0) is 11.2 Å². The number of hydrogen-bond acceptors (Lipinski definition) is 2. The third kappa shape index (κ3) is 1.38. The van der Waals surface area contributed by atoms with E-state index in [2.05, 4.69) is 0 Å². The van der Waals surface area contributed by atoms with E-state index in [1.165, 1.54) is 0 Å². The zero-order valence-electron chi connectivity index (χ0n) is 10.3. The van der Waals surface area contributed by atoms with Gasteiger partial charge in [-0.3, -0.25) is 4.79 Å². The predicted molar refractivity (Wildman–Crippen MR) is 67.1 cm³/mol. The third-order valence-electron chi connectivity index (χ3n) is 3.91. The number of hydrogen-bond donors (Lipinski definition) is 1. The highest BCUT2D eigenvalue weighted by molar-refractivity contribution is 6.07. The number of carboxylic acids is 1. The summed E-state index contributed by atoms with van der Waals surface area (Å²) in [5, 5.41) is 9.15. The summed E-state index contributed by atoms with van der Waals surface area (Å²) in [6, 6.07) is 3.40. The van der Waals surface area contributed by atoms with Crippen molar-refractivity contribution in [3.63, 3.8) is 0 Å². The van der Waals surface area contributed by atoms with Crippen molar-refractivity contribution < 1.29 is 14.7 Å². The van der Waals surface area contributed by atoms with Gasteiger partial charge in [-0.25, -0.2) is 4.79 Å². The Morgan fingerprint density at radius 1 is 1.50 bits per heavy atom. The molecule has 0 radical (unpaired) electrons. The van der Waals surface area contributed by atoms with Crippen LogP contribution in [-0.4, -0.2) is 23.5 Å². The van der Waals surface area contributed by atoms with Gasteiger partial charge >= 0.3 is 5.97 Å². The number of benzene rings is 1. The van der Waals surface area contributed by atoms with E-state index < -0.39 is 5.97 Å². The van der Waals surface area contributed by atoms with Crippen molar-refractivity contribution >= 4 is 17.6 Å². The molecule has 1 N–H and O–H groups in total. The molecule has 2 aliphatic rings. The SMILES string of the molecule is CCC1C(=O)N2CCCc3cc(C(=O)O)cc1c32. The van der Waals surface area contributed by atoms with Gasteiger partial charge in [0.15, 0.2) is 0 Å². The lowest BCUT2D eigenvalue weighted by atomic mass is 9.92. The van der Waals surface area contributed by atoms with E-state index in [-0.39, 0.29) is 11.8 Å². The molecule has 18 heavy (non-hydrogen) atoms. The molecule has 4 nitrogen and oxygen atoms in total. The van der Waals surface area contributed by atoms with Gasteiger partial charge in [-0.2, -0.15) is 0 Å². The number of amides is 1. The molecule has 0 saturated carbocycles. The van der Waals surface area contributed by atoms with Crippen LogP contribution in [0.1, 0.15) is 47.2 Å². The van der Waals surface area contributed by atoms with E-state index >= 15 is 0 Å². The van der Waals surface area contributed by atoms with Crippen LogP contribution in [0.5, 0.6) is 0 Å². The first-order chi connectivity index (χ1) is 8.63. The van der Waals surface area contributed by atoms with Gasteiger partial charge in [-0.1, -0.05) is 6.92 Å². The Kier molecular flexibility index (Phi) is 2.40. The van der Waals surface area contributed by atoms with Crippen LogP contribution >= 0.6 is 0 Å². The molecule has 0 aliphatic carbocycles. The van der Waals surface area contributed by atoms with Gasteiger partial charge in [-0.15, -0.1) is 0 Å². The number of nitrogens with zero attached hydrogens (tertiary/aromatic N) is 1. The number of carbonyl (C=O) groups excluding carboxylic acids is 1. The Morgan fingerprint density at radius 3 is 2.94 bits per heavy atom. The van der Waals surface area contributed by atoms with Gasteiger partial charge in [0.05, 0.1) is 17.2 Å². The number of rotatable bonds is 2. The molecule has 0 fully saturated rings. The fourth-order valence-corrected chi connectivity index (χ4v) is 3.10. The highest BCUT2D eigenvalue weighted by Crippen LogP contribution is 2.44. The standard InChI is InChI=1S/C14H15NO3/c1-2-10-11-7-9(14(17)18)6-8-4-3-5-15(12(8)11)13(10)16/h6-7,10H,2-5H2,1H3,(H,17,18). The molecule has 0 bridgehead atoms. The minimum atomic E-state index is -0.916. The summed E-state index contributed by atoms with van der Waals surface area (Å²) >= 11 is 0. The molecule has 0 spiro atoms. The highest BCUT2D eigenvalue weighted by atomic mass is 16.4. The van der Waals surface area contributed by atoms with Crippen molar-refractivity contribution in [2.45, 2.75) is 32.1 Å². The quantitative estimate of drug-likeness (QED) is 0.868. The molecular formula is C14H15NO3. The monoisotopic (exact) mass is 245 g/mol. The van der Waals surface area contributed by atoms with Gasteiger partial charge in [0, 0.05) is 6.54 Å². The van der Waals surface area contributed by atoms with E-state index in [1.54, 1.807) is 12.1 Å². The van der Waals surface area contributed by atoms with Gasteiger partial charge in [-0.05, 0) is 42.5 Å². The van der Waals surface area contributed by atoms with Crippen molar-refractivity contribution in [2.24, 2.45) is 0 Å². The number of aryl methyl sites for hydroxylation is 1. The van der Waals surface area contributed by atoms with Crippen LogP contribution in [0, 0.1) is 0 Å². The van der Waals surface area contributed by atoms with Crippen molar-refractivity contribution in [1.29, 1.82) is 0 Å². The topological polar surface area (TPSA) is 57.6 Å². The van der Waals surface area contributed by atoms with Crippen LogP contribution in [0.4, 0.5) is 5.69 Å². The van der Waals surface area contributed by atoms with Gasteiger partial charge in [0.2, 0.25) is 5.91 Å². The third-order valence-corrected chi connectivity index (χ3v) is 3.91. The van der Waals surface area contributed by atoms with E-state index in [1.807, 2.05) is 11.8 Å². The maximum absolute atomic E-state index is 12.3. The summed E-state index contributed by atoms with van der Waals surface area (Å²) in [6.45, 7) is 2.74. The summed E-state index contributed by atoms with van der Waals surface area (Å²) < 4.78 is 0. The molecule has 1 aromatic carbocycles. The van der Waals surface area contributed by atoms with E-state index in [0.29, 0.717) is 5.56 Å². The second-order valence-corrected chi connectivity index (χ2v) is 4.93. The van der Waals surface area contributed by atoms with Crippen molar-refractivity contribution in [3.8, 4) is 0 Å². The van der Waals surface area contributed by atoms with Crippen molar-refractivity contribution in [1.82, 2.24) is 0 Å². The lowest BCUT2D eigenvalue weighted by Crippen LogP contribution is -2.32. The summed E-state index contributed by atoms with van der Waals surface area (Å²) in [7, 11) is 0. The minimum absolute atomic E-state index is 0.135.